The van der Waals surface area contributed by atoms with Crippen LogP contribution in [-0.4, -0.2) is 82.6 Å². The Kier molecular flexibility index (Phi) is 8.75. The van der Waals surface area contributed by atoms with E-state index in [4.69, 9.17) is 0 Å². The summed E-state index contributed by atoms with van der Waals surface area (Å²) >= 11 is 0. The number of amides is 1. The highest BCUT2D eigenvalue weighted by molar-refractivity contribution is 6.00. The number of carbonyl (C=O) groups is 2. The number of allylic oxidation sites excluding steroid dienone is 2. The van der Waals surface area contributed by atoms with Crippen molar-refractivity contribution in [1.82, 2.24) is 29.9 Å². The zero-order valence-corrected chi connectivity index (χ0v) is 25.6. The molecular weight excluding hydrogens is 600 g/mol. The number of piperazine rings is 1. The number of alkyl halides is 3. The topological polar surface area (TPSA) is 83.4 Å². The van der Waals surface area contributed by atoms with Gasteiger partial charge in [-0.25, -0.2) is 4.39 Å². The average molecular weight is 635 g/mol. The largest absolute Gasteiger partial charge is 0.419 e. The minimum absolute atomic E-state index is 0.0147. The number of aromatic nitrogens is 3. The van der Waals surface area contributed by atoms with Crippen LogP contribution in [0.5, 0.6) is 0 Å². The molecule has 1 fully saturated rings. The molecule has 0 aliphatic carbocycles. The summed E-state index contributed by atoms with van der Waals surface area (Å²) in [4.78, 5) is 35.8. The van der Waals surface area contributed by atoms with Crippen molar-refractivity contribution < 1.29 is 27.2 Å². The fraction of sp³-hybridized carbons (Fsp3) is 0.353. The second kappa shape index (κ2) is 12.8. The van der Waals surface area contributed by atoms with Gasteiger partial charge in [0.25, 0.3) is 5.91 Å². The van der Waals surface area contributed by atoms with Crippen LogP contribution in [0.2, 0.25) is 0 Å². The smallest absolute Gasteiger partial charge is 0.349 e. The Morgan fingerprint density at radius 3 is 2.52 bits per heavy atom. The average Bonchev–Trinajstić information content (AvgIpc) is 3.44. The van der Waals surface area contributed by atoms with E-state index in [1.165, 1.54) is 10.7 Å². The number of likely N-dealkylation sites (N-methyl/N-ethyl adjacent to an activating group) is 1. The fourth-order valence-electron chi connectivity index (χ4n) is 6.26. The number of nitrogens with zero attached hydrogens (tertiary/aromatic N) is 5. The predicted octanol–water partition coefficient (Wildman–Crippen LogP) is 4.84. The van der Waals surface area contributed by atoms with Gasteiger partial charge in [-0.2, -0.15) is 18.3 Å². The molecule has 2 aromatic heterocycles. The molecule has 46 heavy (non-hydrogen) atoms. The summed E-state index contributed by atoms with van der Waals surface area (Å²) in [5, 5.41) is 9.28. The van der Waals surface area contributed by atoms with Crippen LogP contribution in [0, 0.1) is 5.82 Å². The van der Waals surface area contributed by atoms with E-state index in [0.717, 1.165) is 48.6 Å². The molecule has 1 unspecified atom stereocenters. The minimum atomic E-state index is -4.88. The normalized spacial score (nSPS) is 17.7. The Balaban J connectivity index is 1.30. The molecule has 0 saturated carbocycles. The molecule has 1 N–H and O–H groups in total. The van der Waals surface area contributed by atoms with Crippen LogP contribution < -0.4 is 5.32 Å². The highest BCUT2D eigenvalue weighted by Gasteiger charge is 2.37. The SMILES string of the molecule is CC1=C(C(=O)Cc2ccc3cnccc3c2)C(c2ccc(C(F)(F)F)c(F)c2)n2nc(C(=O)NCCN3CCN(C)CC3)cc2C1. The van der Waals surface area contributed by atoms with Gasteiger partial charge in [0.05, 0.1) is 5.56 Å². The number of ketones is 1. The maximum absolute atomic E-state index is 14.9. The molecule has 12 heteroatoms. The number of benzene rings is 2. The van der Waals surface area contributed by atoms with E-state index in [0.29, 0.717) is 42.4 Å². The molecule has 6 rings (SSSR count). The summed E-state index contributed by atoms with van der Waals surface area (Å²) < 4.78 is 56.7. The van der Waals surface area contributed by atoms with E-state index in [1.54, 1.807) is 25.4 Å². The second-order valence-corrected chi connectivity index (χ2v) is 12.0. The van der Waals surface area contributed by atoms with Crippen LogP contribution in [0.25, 0.3) is 10.8 Å². The van der Waals surface area contributed by atoms with E-state index in [2.05, 4.69) is 32.2 Å². The van der Waals surface area contributed by atoms with E-state index in [1.807, 2.05) is 24.3 Å². The van der Waals surface area contributed by atoms with E-state index in [-0.39, 0.29) is 23.5 Å². The lowest BCUT2D eigenvalue weighted by Gasteiger charge is -2.32. The molecule has 1 saturated heterocycles. The molecule has 8 nitrogen and oxygen atoms in total. The van der Waals surface area contributed by atoms with Crippen molar-refractivity contribution in [2.45, 2.75) is 32.0 Å². The number of pyridine rings is 1. The molecule has 4 aromatic rings. The van der Waals surface area contributed by atoms with Gasteiger partial charge < -0.3 is 10.2 Å². The van der Waals surface area contributed by atoms with Crippen molar-refractivity contribution in [3.05, 3.63) is 106 Å². The Hall–Kier alpha value is -4.42. The van der Waals surface area contributed by atoms with Crippen molar-refractivity contribution >= 4 is 22.5 Å². The zero-order chi connectivity index (χ0) is 32.6. The van der Waals surface area contributed by atoms with Gasteiger partial charge in [-0.05, 0) is 54.8 Å². The number of hydrogen-bond donors (Lipinski definition) is 1. The molecule has 240 valence electrons. The second-order valence-electron chi connectivity index (χ2n) is 12.0. The molecule has 2 aliphatic rings. The summed E-state index contributed by atoms with van der Waals surface area (Å²) in [5.74, 6) is -2.11. The lowest BCUT2D eigenvalue weighted by atomic mass is 9.85. The molecule has 4 heterocycles. The first-order valence-corrected chi connectivity index (χ1v) is 15.2. The van der Waals surface area contributed by atoms with Gasteiger partial charge in [0.1, 0.15) is 17.6 Å². The molecular formula is C34H34F4N6O2. The quantitative estimate of drug-likeness (QED) is 0.280. The van der Waals surface area contributed by atoms with Crippen LogP contribution in [0.1, 0.15) is 45.8 Å². The number of nitrogens with one attached hydrogen (secondary N) is 1. The van der Waals surface area contributed by atoms with Gasteiger partial charge in [0.2, 0.25) is 0 Å². The summed E-state index contributed by atoms with van der Waals surface area (Å²) in [6, 6.07) is 10.7. The minimum Gasteiger partial charge on any atom is -0.349 e. The first-order chi connectivity index (χ1) is 22.0. The van der Waals surface area contributed by atoms with Gasteiger partial charge in [0.15, 0.2) is 5.78 Å². The first kappa shape index (κ1) is 31.6. The third-order valence-corrected chi connectivity index (χ3v) is 8.76. The lowest BCUT2D eigenvalue weighted by molar-refractivity contribution is -0.140. The number of rotatable bonds is 8. The van der Waals surface area contributed by atoms with Crippen molar-refractivity contribution in [3.63, 3.8) is 0 Å². The maximum Gasteiger partial charge on any atom is 0.419 e. The van der Waals surface area contributed by atoms with E-state index < -0.39 is 29.5 Å². The molecule has 1 amide bonds. The number of carbonyl (C=O) groups excluding carboxylic acids is 2. The summed E-state index contributed by atoms with van der Waals surface area (Å²) in [6.07, 6.45) is -1.18. The zero-order valence-electron chi connectivity index (χ0n) is 25.6. The Bertz CT molecular complexity index is 1820. The summed E-state index contributed by atoms with van der Waals surface area (Å²) in [5.41, 5.74) is 1.18. The van der Waals surface area contributed by atoms with E-state index >= 15 is 0 Å². The van der Waals surface area contributed by atoms with Gasteiger partial charge in [-0.3, -0.25) is 24.2 Å². The monoisotopic (exact) mass is 634 g/mol. The summed E-state index contributed by atoms with van der Waals surface area (Å²) in [6.45, 7) is 6.62. The van der Waals surface area contributed by atoms with Gasteiger partial charge in [-0.1, -0.05) is 29.8 Å². The van der Waals surface area contributed by atoms with Crippen molar-refractivity contribution in [2.24, 2.45) is 0 Å². The number of halogens is 4. The number of Topliss-reactive ketones (excluding diaryl/α,β-unsaturated/α-hetero) is 1. The van der Waals surface area contributed by atoms with Crippen LogP contribution in [-0.2, 0) is 23.8 Å². The standard InChI is InChI=1S/C34H34F4N6O2/c1-21-15-26-19-29(33(46)40-9-10-43-13-11-42(2)12-14-43)41-44(26)32(24-5-6-27(28(35)18-24)34(36,37)38)31(21)30(45)17-22-3-4-25-20-39-8-7-23(25)16-22/h3-8,16,18-20,32H,9-15,17H2,1-2H3,(H,40,46). The number of fused-ring (bicyclic) bond motifs is 2. The summed E-state index contributed by atoms with van der Waals surface area (Å²) in [7, 11) is 2.07. The maximum atomic E-state index is 14.9. The number of hydrogen-bond acceptors (Lipinski definition) is 6. The fourth-order valence-corrected chi connectivity index (χ4v) is 6.26. The Morgan fingerprint density at radius 2 is 1.78 bits per heavy atom. The Labute approximate surface area is 263 Å². The lowest BCUT2D eigenvalue weighted by Crippen LogP contribution is -2.46. The van der Waals surface area contributed by atoms with Crippen molar-refractivity contribution in [3.8, 4) is 0 Å². The molecule has 2 aliphatic heterocycles. The highest BCUT2D eigenvalue weighted by atomic mass is 19.4. The first-order valence-electron chi connectivity index (χ1n) is 15.2. The van der Waals surface area contributed by atoms with E-state index in [9.17, 15) is 27.2 Å². The molecule has 2 aromatic carbocycles. The highest BCUT2D eigenvalue weighted by Crippen LogP contribution is 2.39. The molecule has 0 bridgehead atoms. The van der Waals surface area contributed by atoms with Crippen LogP contribution >= 0.6 is 0 Å². The van der Waals surface area contributed by atoms with Crippen molar-refractivity contribution in [1.29, 1.82) is 0 Å². The third-order valence-electron chi connectivity index (χ3n) is 8.76. The molecule has 1 atom stereocenters. The third kappa shape index (κ3) is 6.59. The Morgan fingerprint density at radius 1 is 1.00 bits per heavy atom. The van der Waals surface area contributed by atoms with Crippen LogP contribution in [0.4, 0.5) is 17.6 Å². The molecule has 0 radical (unpaired) electrons. The van der Waals surface area contributed by atoms with Gasteiger partial charge in [0, 0.05) is 81.2 Å². The molecule has 0 spiro atoms. The van der Waals surface area contributed by atoms with Gasteiger partial charge in [-0.15, -0.1) is 0 Å². The van der Waals surface area contributed by atoms with Crippen LogP contribution in [0.15, 0.2) is 72.1 Å². The van der Waals surface area contributed by atoms with Crippen molar-refractivity contribution in [2.75, 3.05) is 46.3 Å². The van der Waals surface area contributed by atoms with Gasteiger partial charge >= 0.3 is 6.18 Å². The van der Waals surface area contributed by atoms with Crippen LogP contribution in [0.3, 0.4) is 0 Å². The predicted molar refractivity (Wildman–Crippen MR) is 165 cm³/mol.